The molecule has 24 heavy (non-hydrogen) atoms. The first-order valence-electron chi connectivity index (χ1n) is 7.10. The summed E-state index contributed by atoms with van der Waals surface area (Å²) in [7, 11) is -0.0303. The Bertz CT molecular complexity index is 859. The van der Waals surface area contributed by atoms with Crippen molar-refractivity contribution in [2.75, 3.05) is 24.9 Å². The number of anilines is 1. The van der Waals surface area contributed by atoms with Crippen molar-refractivity contribution < 1.29 is 13.0 Å². The van der Waals surface area contributed by atoms with E-state index in [1.54, 1.807) is 36.9 Å². The van der Waals surface area contributed by atoms with Crippen molar-refractivity contribution >= 4 is 32.7 Å². The smallest absolute Gasteiger partial charge is 0.294 e. The van der Waals surface area contributed by atoms with Gasteiger partial charge >= 0.3 is 0 Å². The van der Waals surface area contributed by atoms with Crippen LogP contribution in [0.1, 0.15) is 11.3 Å². The maximum atomic E-state index is 10.6. The van der Waals surface area contributed by atoms with Gasteiger partial charge in [-0.3, -0.25) is 9.55 Å². The van der Waals surface area contributed by atoms with E-state index in [0.717, 1.165) is 16.6 Å². The number of hydrogen-bond donors (Lipinski definition) is 1. The molecule has 0 unspecified atom stereocenters. The highest BCUT2D eigenvalue weighted by Gasteiger charge is 2.21. The van der Waals surface area contributed by atoms with E-state index >= 15 is 0 Å². The summed E-state index contributed by atoms with van der Waals surface area (Å²) < 4.78 is 31.9. The molecule has 0 aliphatic carbocycles. The zero-order valence-corrected chi connectivity index (χ0v) is 15.6. The molecule has 0 atom stereocenters. The first kappa shape index (κ1) is 18.5. The largest absolute Gasteiger partial charge is 0.338 e. The van der Waals surface area contributed by atoms with Crippen LogP contribution in [-0.4, -0.2) is 47.5 Å². The molecule has 0 bridgehead atoms. The van der Waals surface area contributed by atoms with Crippen LogP contribution < -0.4 is 4.90 Å². The predicted octanol–water partition coefficient (Wildman–Crippen LogP) is 2.18. The second-order valence-corrected chi connectivity index (χ2v) is 7.46. The molecule has 1 aromatic carbocycles. The topological polar surface area (TPSA) is 87.8 Å². The number of rotatable bonds is 1. The average Bonchev–Trinajstić information content (AvgIpc) is 2.91. The van der Waals surface area contributed by atoms with Gasteiger partial charge in [-0.1, -0.05) is 18.2 Å². The van der Waals surface area contributed by atoms with Gasteiger partial charge in [-0.05, 0) is 24.8 Å². The summed E-state index contributed by atoms with van der Waals surface area (Å²) in [6.07, 6.45) is 3.87. The van der Waals surface area contributed by atoms with E-state index in [-0.39, 0.29) is 4.90 Å². The summed E-state index contributed by atoms with van der Waals surface area (Å²) >= 11 is 1.67. The molecular weight excluding hydrogens is 348 g/mol. The average molecular weight is 368 g/mol. The summed E-state index contributed by atoms with van der Waals surface area (Å²) in [6, 6.07) is 6.27. The summed E-state index contributed by atoms with van der Waals surface area (Å²) in [4.78, 5) is 10.8. The van der Waals surface area contributed by atoms with E-state index in [9.17, 15) is 8.42 Å². The van der Waals surface area contributed by atoms with Crippen LogP contribution in [-0.2, 0) is 17.2 Å². The Morgan fingerprint density at radius 2 is 1.92 bits per heavy atom. The van der Waals surface area contributed by atoms with Gasteiger partial charge in [-0.15, -0.1) is 11.8 Å². The number of aryl methyl sites for hydroxylation is 2. The number of fused-ring (bicyclic) bond motifs is 1. The van der Waals surface area contributed by atoms with Crippen LogP contribution in [0, 0.1) is 6.92 Å². The number of benzene rings is 1. The number of thioether (sulfide) groups is 1. The first-order valence-corrected chi connectivity index (χ1v) is 9.76. The fourth-order valence-electron chi connectivity index (χ4n) is 2.26. The van der Waals surface area contributed by atoms with Crippen molar-refractivity contribution in [3.05, 3.63) is 41.9 Å². The van der Waals surface area contributed by atoms with E-state index in [2.05, 4.69) is 14.9 Å². The minimum Gasteiger partial charge on any atom is -0.338 e. The van der Waals surface area contributed by atoms with Crippen molar-refractivity contribution in [1.82, 2.24) is 9.55 Å². The van der Waals surface area contributed by atoms with Crippen molar-refractivity contribution in [3.63, 3.8) is 0 Å². The zero-order valence-electron chi connectivity index (χ0n) is 14.0. The van der Waals surface area contributed by atoms with Crippen LogP contribution in [0.5, 0.6) is 0 Å². The molecule has 130 valence electrons. The number of nitrogens with zero attached hydrogens (tertiary/aromatic N) is 4. The standard InChI is InChI=1S/C8H12N4S.C7H8O3S/c1-11-4-9-7-6(11)8(13-3)10-5-12(7)2;1-6-4-2-3-5-7(6)11(8,9)10/h4H,5H2,1-3H3;2-5H,1H3,(H,8,9,10). The van der Waals surface area contributed by atoms with Crippen LogP contribution in [0.4, 0.5) is 5.82 Å². The van der Waals surface area contributed by atoms with Crippen molar-refractivity contribution in [2.45, 2.75) is 11.8 Å². The van der Waals surface area contributed by atoms with Crippen LogP contribution in [0.3, 0.4) is 0 Å². The molecule has 0 amide bonds. The molecule has 0 radical (unpaired) electrons. The zero-order chi connectivity index (χ0) is 17.9. The number of aliphatic imine (C=N–C) groups is 1. The van der Waals surface area contributed by atoms with Gasteiger partial charge in [0.2, 0.25) is 0 Å². The number of aromatic nitrogens is 2. The van der Waals surface area contributed by atoms with Crippen molar-refractivity contribution in [2.24, 2.45) is 12.0 Å². The molecule has 1 N–H and O–H groups in total. The number of imidazole rings is 1. The fraction of sp³-hybridized carbons (Fsp3) is 0.333. The quantitative estimate of drug-likeness (QED) is 0.776. The lowest BCUT2D eigenvalue weighted by Gasteiger charge is -2.21. The summed E-state index contributed by atoms with van der Waals surface area (Å²) in [5.74, 6) is 1.03. The maximum Gasteiger partial charge on any atom is 0.294 e. The maximum absolute atomic E-state index is 10.6. The van der Waals surface area contributed by atoms with Gasteiger partial charge in [0, 0.05) is 14.1 Å². The summed E-state index contributed by atoms with van der Waals surface area (Å²) in [5, 5.41) is 1.08. The molecule has 0 fully saturated rings. The van der Waals surface area contributed by atoms with Gasteiger partial charge in [0.05, 0.1) is 11.2 Å². The highest BCUT2D eigenvalue weighted by molar-refractivity contribution is 8.13. The van der Waals surface area contributed by atoms with Crippen molar-refractivity contribution in [3.8, 4) is 0 Å². The third-order valence-electron chi connectivity index (χ3n) is 3.47. The molecule has 9 heteroatoms. The first-order chi connectivity index (χ1) is 11.3. The van der Waals surface area contributed by atoms with Gasteiger partial charge < -0.3 is 9.47 Å². The van der Waals surface area contributed by atoms with Gasteiger partial charge in [0.15, 0.2) is 5.82 Å². The second-order valence-electron chi connectivity index (χ2n) is 5.28. The number of hydrogen-bond acceptors (Lipinski definition) is 6. The Hall–Kier alpha value is -1.84. The lowest BCUT2D eigenvalue weighted by Crippen LogP contribution is -2.25. The van der Waals surface area contributed by atoms with Crippen LogP contribution in [0.25, 0.3) is 0 Å². The Labute approximate surface area is 146 Å². The highest BCUT2D eigenvalue weighted by Crippen LogP contribution is 2.25. The van der Waals surface area contributed by atoms with Crippen molar-refractivity contribution in [1.29, 1.82) is 0 Å². The fourth-order valence-corrected chi connectivity index (χ4v) is 3.60. The van der Waals surface area contributed by atoms with Crippen LogP contribution >= 0.6 is 11.8 Å². The second kappa shape index (κ2) is 7.37. The molecule has 2 aromatic rings. The normalized spacial score (nSPS) is 13.7. The molecule has 1 aromatic heterocycles. The Balaban J connectivity index is 0.000000177. The van der Waals surface area contributed by atoms with E-state index in [0.29, 0.717) is 12.2 Å². The monoisotopic (exact) mass is 368 g/mol. The molecule has 0 spiro atoms. The Morgan fingerprint density at radius 1 is 1.25 bits per heavy atom. The summed E-state index contributed by atoms with van der Waals surface area (Å²) in [5.41, 5.74) is 1.68. The minimum atomic E-state index is -4.03. The third-order valence-corrected chi connectivity index (χ3v) is 5.20. The molecular formula is C15H20N4O3S2. The molecule has 1 aliphatic heterocycles. The van der Waals surface area contributed by atoms with Crippen LogP contribution in [0.15, 0.2) is 40.5 Å². The van der Waals surface area contributed by atoms with E-state index in [4.69, 9.17) is 4.55 Å². The van der Waals surface area contributed by atoms with Gasteiger partial charge in [-0.25, -0.2) is 4.98 Å². The van der Waals surface area contributed by atoms with Crippen LogP contribution in [0.2, 0.25) is 0 Å². The predicted molar refractivity (Wildman–Crippen MR) is 97.5 cm³/mol. The van der Waals surface area contributed by atoms with E-state index in [1.165, 1.54) is 6.07 Å². The molecule has 3 rings (SSSR count). The lowest BCUT2D eigenvalue weighted by molar-refractivity contribution is 0.482. The molecule has 7 nitrogen and oxygen atoms in total. The minimum absolute atomic E-state index is 0.0278. The van der Waals surface area contributed by atoms with Gasteiger partial charge in [0.25, 0.3) is 10.1 Å². The van der Waals surface area contributed by atoms with Gasteiger partial charge in [0.1, 0.15) is 17.4 Å². The lowest BCUT2D eigenvalue weighted by atomic mass is 10.2. The molecule has 0 saturated heterocycles. The molecule has 0 saturated carbocycles. The van der Waals surface area contributed by atoms with E-state index in [1.807, 2.05) is 31.2 Å². The Kier molecular flexibility index (Phi) is 5.68. The highest BCUT2D eigenvalue weighted by atomic mass is 32.2. The molecule has 2 heterocycles. The molecule has 1 aliphatic rings. The van der Waals surface area contributed by atoms with Gasteiger partial charge in [-0.2, -0.15) is 8.42 Å². The van der Waals surface area contributed by atoms with E-state index < -0.39 is 10.1 Å². The third kappa shape index (κ3) is 3.97. The Morgan fingerprint density at radius 3 is 2.46 bits per heavy atom. The summed E-state index contributed by atoms with van der Waals surface area (Å²) in [6.45, 7) is 2.34. The SMILES string of the molecule is CSC1=NCN(C)c2ncn(C)c21.Cc1ccccc1S(=O)(=O)O.